The molecule has 2 amide bonds. The zero-order chi connectivity index (χ0) is 23.9. The molecule has 0 aliphatic heterocycles. The van der Waals surface area contributed by atoms with Crippen LogP contribution in [-0.2, 0) is 20.5 Å². The van der Waals surface area contributed by atoms with Crippen LogP contribution in [0, 0.1) is 0 Å². The number of aromatic nitrogens is 2. The van der Waals surface area contributed by atoms with Gasteiger partial charge in [-0.15, -0.1) is 0 Å². The minimum absolute atomic E-state index is 0.0100. The number of nitrogens with one attached hydrogen (secondary N) is 2. The Morgan fingerprint density at radius 2 is 1.59 bits per heavy atom. The number of methoxy groups -OCH3 is 1. The Balaban J connectivity index is 2.17. The third-order valence-electron chi connectivity index (χ3n) is 3.34. The zero-order valence-corrected chi connectivity index (χ0v) is 16.7. The Hall–Kier alpha value is -3.69. The SMILES string of the molecule is COC(=O)c1ccccc1CS(=O)(=O)NC(=O)Nc1nc(OC(F)F)cc(OC(F)F)n1. The van der Waals surface area contributed by atoms with Gasteiger partial charge in [0.1, 0.15) is 0 Å². The predicted molar refractivity (Wildman–Crippen MR) is 97.9 cm³/mol. The highest BCUT2D eigenvalue weighted by Gasteiger charge is 2.21. The fourth-order valence-electron chi connectivity index (χ4n) is 2.23. The topological polar surface area (TPSA) is 146 Å². The summed E-state index contributed by atoms with van der Waals surface area (Å²) in [4.78, 5) is 30.4. The molecule has 1 aromatic carbocycles. The number of halogens is 4. The van der Waals surface area contributed by atoms with Crippen molar-refractivity contribution in [2.24, 2.45) is 0 Å². The zero-order valence-electron chi connectivity index (χ0n) is 15.9. The van der Waals surface area contributed by atoms with Crippen molar-refractivity contribution in [3.63, 3.8) is 0 Å². The van der Waals surface area contributed by atoms with Gasteiger partial charge in [-0.2, -0.15) is 27.5 Å². The molecule has 2 N–H and O–H groups in total. The van der Waals surface area contributed by atoms with Gasteiger partial charge in [-0.3, -0.25) is 5.32 Å². The molecule has 0 aliphatic rings. The summed E-state index contributed by atoms with van der Waals surface area (Å²) in [5, 5.41) is 1.77. The first-order valence-electron chi connectivity index (χ1n) is 8.25. The summed E-state index contributed by atoms with van der Waals surface area (Å²) >= 11 is 0. The molecule has 11 nitrogen and oxygen atoms in total. The van der Waals surface area contributed by atoms with Gasteiger partial charge in [-0.05, 0) is 11.6 Å². The average molecular weight is 482 g/mol. The lowest BCUT2D eigenvalue weighted by atomic mass is 10.1. The highest BCUT2D eigenvalue weighted by atomic mass is 32.2. The van der Waals surface area contributed by atoms with Crippen LogP contribution in [0.3, 0.4) is 0 Å². The molecule has 0 spiro atoms. The van der Waals surface area contributed by atoms with E-state index in [1.54, 1.807) is 10.0 Å². The second-order valence-electron chi connectivity index (χ2n) is 5.59. The number of benzene rings is 1. The first-order chi connectivity index (χ1) is 15.0. The monoisotopic (exact) mass is 482 g/mol. The molecular weight excluding hydrogens is 468 g/mol. The van der Waals surface area contributed by atoms with Crippen molar-refractivity contribution in [2.75, 3.05) is 12.4 Å². The lowest BCUT2D eigenvalue weighted by Gasteiger charge is -2.12. The Bertz CT molecular complexity index is 1060. The maximum Gasteiger partial charge on any atom is 0.388 e. The molecule has 0 bridgehead atoms. The molecule has 0 atom stereocenters. The average Bonchev–Trinajstić information content (AvgIpc) is 2.65. The summed E-state index contributed by atoms with van der Waals surface area (Å²) in [5.41, 5.74) is -0.0504. The second kappa shape index (κ2) is 10.6. The summed E-state index contributed by atoms with van der Waals surface area (Å²) in [5.74, 6) is -4.37. The van der Waals surface area contributed by atoms with Gasteiger partial charge in [-0.25, -0.2) is 22.7 Å². The smallest absolute Gasteiger partial charge is 0.388 e. The fourth-order valence-corrected chi connectivity index (χ4v) is 3.29. The molecule has 2 aromatic rings. The van der Waals surface area contributed by atoms with Crippen molar-refractivity contribution in [3.05, 3.63) is 41.5 Å². The molecule has 1 heterocycles. The lowest BCUT2D eigenvalue weighted by Crippen LogP contribution is -2.36. The summed E-state index contributed by atoms with van der Waals surface area (Å²) in [6.45, 7) is -6.78. The molecule has 32 heavy (non-hydrogen) atoms. The Labute approximate surface area is 177 Å². The van der Waals surface area contributed by atoms with Crippen molar-refractivity contribution < 1.29 is 49.8 Å². The van der Waals surface area contributed by atoms with Crippen LogP contribution in [-0.4, -0.2) is 50.7 Å². The van der Waals surface area contributed by atoms with Gasteiger partial charge in [0.05, 0.1) is 24.5 Å². The number of sulfonamides is 1. The normalized spacial score (nSPS) is 11.2. The van der Waals surface area contributed by atoms with Crippen molar-refractivity contribution in [2.45, 2.75) is 19.0 Å². The molecule has 0 unspecified atom stereocenters. The standard InChI is InChI=1S/C16H14F4N4O7S/c1-29-12(25)9-5-3-2-4-8(9)7-32(27,28)24-16(26)23-15-21-10(30-13(17)18)6-11(22-15)31-14(19)20/h2-6,13-14H,7H2,1H3,(H2,21,22,23,24,26). The second-order valence-corrected chi connectivity index (χ2v) is 7.31. The molecular formula is C16H14F4N4O7S. The van der Waals surface area contributed by atoms with Gasteiger partial charge >= 0.3 is 25.2 Å². The first kappa shape index (κ1) is 24.6. The van der Waals surface area contributed by atoms with Crippen LogP contribution in [0.2, 0.25) is 0 Å². The van der Waals surface area contributed by atoms with E-state index in [0.717, 1.165) is 7.11 Å². The number of hydrogen-bond acceptors (Lipinski definition) is 9. The summed E-state index contributed by atoms with van der Waals surface area (Å²) < 4.78 is 88.0. The number of esters is 1. The van der Waals surface area contributed by atoms with Crippen LogP contribution in [0.5, 0.6) is 11.8 Å². The van der Waals surface area contributed by atoms with Crippen molar-refractivity contribution in [1.82, 2.24) is 14.7 Å². The maximum atomic E-state index is 12.4. The van der Waals surface area contributed by atoms with Gasteiger partial charge in [0.15, 0.2) is 0 Å². The lowest BCUT2D eigenvalue weighted by molar-refractivity contribution is -0.0579. The number of urea groups is 1. The van der Waals surface area contributed by atoms with Crippen LogP contribution in [0.25, 0.3) is 0 Å². The number of hydrogen-bond donors (Lipinski definition) is 2. The van der Waals surface area contributed by atoms with Crippen molar-refractivity contribution in [3.8, 4) is 11.8 Å². The number of rotatable bonds is 9. The van der Waals surface area contributed by atoms with E-state index in [0.29, 0.717) is 6.07 Å². The molecule has 0 saturated heterocycles. The van der Waals surface area contributed by atoms with Crippen LogP contribution in [0.4, 0.5) is 28.3 Å². The van der Waals surface area contributed by atoms with Crippen molar-refractivity contribution in [1.29, 1.82) is 0 Å². The van der Waals surface area contributed by atoms with Gasteiger partial charge < -0.3 is 14.2 Å². The molecule has 0 radical (unpaired) electrons. The molecule has 16 heteroatoms. The molecule has 2 rings (SSSR count). The van der Waals surface area contributed by atoms with Gasteiger partial charge in [0, 0.05) is 0 Å². The predicted octanol–water partition coefficient (Wildman–Crippen LogP) is 2.12. The first-order valence-corrected chi connectivity index (χ1v) is 9.90. The van der Waals surface area contributed by atoms with E-state index >= 15 is 0 Å². The van der Waals surface area contributed by atoms with Gasteiger partial charge in [-0.1, -0.05) is 18.2 Å². The van der Waals surface area contributed by atoms with E-state index in [1.165, 1.54) is 24.3 Å². The summed E-state index contributed by atoms with van der Waals surface area (Å²) in [6, 6.07) is 4.58. The van der Waals surface area contributed by atoms with Crippen molar-refractivity contribution >= 4 is 28.0 Å². The van der Waals surface area contributed by atoms with E-state index in [2.05, 4.69) is 24.2 Å². The number of amides is 2. The fraction of sp³-hybridized carbons (Fsp3) is 0.250. The van der Waals surface area contributed by atoms with Crippen LogP contribution < -0.4 is 19.5 Å². The van der Waals surface area contributed by atoms with Crippen LogP contribution in [0.1, 0.15) is 15.9 Å². The number of carbonyl (C=O) groups excluding carboxylic acids is 2. The van der Waals surface area contributed by atoms with E-state index in [9.17, 15) is 35.6 Å². The molecule has 1 aromatic heterocycles. The number of anilines is 1. The van der Waals surface area contributed by atoms with Gasteiger partial charge in [0.25, 0.3) is 0 Å². The van der Waals surface area contributed by atoms with E-state index in [1.807, 2.05) is 0 Å². The third-order valence-corrected chi connectivity index (χ3v) is 4.53. The van der Waals surface area contributed by atoms with Crippen LogP contribution in [0.15, 0.2) is 30.3 Å². The quantitative estimate of drug-likeness (QED) is 0.405. The Morgan fingerprint density at radius 1 is 1.03 bits per heavy atom. The molecule has 0 saturated carbocycles. The highest BCUT2D eigenvalue weighted by Crippen LogP contribution is 2.21. The number of ether oxygens (including phenoxy) is 3. The van der Waals surface area contributed by atoms with E-state index in [-0.39, 0.29) is 11.1 Å². The summed E-state index contributed by atoms with van der Waals surface area (Å²) in [6.07, 6.45) is 0. The molecule has 0 aliphatic carbocycles. The van der Waals surface area contributed by atoms with E-state index < -0.39 is 58.7 Å². The largest absolute Gasteiger partial charge is 0.465 e. The Morgan fingerprint density at radius 3 is 2.12 bits per heavy atom. The number of carbonyl (C=O) groups is 2. The minimum atomic E-state index is -4.40. The maximum absolute atomic E-state index is 12.4. The molecule has 174 valence electrons. The van der Waals surface area contributed by atoms with E-state index in [4.69, 9.17) is 0 Å². The highest BCUT2D eigenvalue weighted by molar-refractivity contribution is 7.89. The molecule has 0 fully saturated rings. The minimum Gasteiger partial charge on any atom is -0.465 e. The number of alkyl halides is 4. The number of nitrogens with zero attached hydrogens (tertiary/aromatic N) is 2. The Kier molecular flexibility index (Phi) is 8.11. The van der Waals surface area contributed by atoms with Crippen LogP contribution >= 0.6 is 0 Å². The summed E-state index contributed by atoms with van der Waals surface area (Å²) in [7, 11) is -3.31. The van der Waals surface area contributed by atoms with Gasteiger partial charge in [0.2, 0.25) is 27.7 Å². The third kappa shape index (κ3) is 7.53.